The summed E-state index contributed by atoms with van der Waals surface area (Å²) >= 11 is 0. The summed E-state index contributed by atoms with van der Waals surface area (Å²) < 4.78 is 2.60. The molecule has 2 aromatic heterocycles. The van der Waals surface area contributed by atoms with E-state index in [4.69, 9.17) is 0 Å². The van der Waals surface area contributed by atoms with E-state index in [1.54, 1.807) is 0 Å². The molecule has 0 saturated carbocycles. The molecule has 0 spiro atoms. The Labute approximate surface area is 97.3 Å². The molecule has 2 heterocycles. The van der Waals surface area contributed by atoms with Crippen molar-refractivity contribution in [3.8, 4) is 0 Å². The van der Waals surface area contributed by atoms with Gasteiger partial charge >= 0.3 is 5.69 Å². The lowest BCUT2D eigenvalue weighted by Gasteiger charge is -2.12. The highest BCUT2D eigenvalue weighted by molar-refractivity contribution is 5.68. The number of nitrogens with zero attached hydrogens (tertiary/aromatic N) is 4. The summed E-state index contributed by atoms with van der Waals surface area (Å²) in [6.07, 6.45) is 1.43. The van der Waals surface area contributed by atoms with Crippen LogP contribution >= 0.6 is 0 Å². The lowest BCUT2D eigenvalue weighted by atomic mass is 10.5. The highest BCUT2D eigenvalue weighted by Crippen LogP contribution is 2.00. The van der Waals surface area contributed by atoms with Gasteiger partial charge in [-0.2, -0.15) is 0 Å². The van der Waals surface area contributed by atoms with E-state index in [1.807, 2.05) is 19.0 Å². The first-order valence-electron chi connectivity index (χ1n) is 5.30. The maximum absolute atomic E-state index is 12.0. The Balaban J connectivity index is 2.65. The van der Waals surface area contributed by atoms with Gasteiger partial charge in [0.1, 0.15) is 5.52 Å². The molecule has 7 heteroatoms. The Bertz CT molecular complexity index is 649. The van der Waals surface area contributed by atoms with Crippen LogP contribution in [0.4, 0.5) is 0 Å². The highest BCUT2D eigenvalue weighted by atomic mass is 16.2. The van der Waals surface area contributed by atoms with Gasteiger partial charge in [0.25, 0.3) is 5.56 Å². The molecule has 0 amide bonds. The third-order valence-electron chi connectivity index (χ3n) is 2.68. The van der Waals surface area contributed by atoms with Crippen LogP contribution in [0.5, 0.6) is 0 Å². The summed E-state index contributed by atoms with van der Waals surface area (Å²) in [5.41, 5.74) is 0.103. The lowest BCUT2D eigenvalue weighted by Crippen LogP contribution is -2.39. The van der Waals surface area contributed by atoms with E-state index in [0.29, 0.717) is 24.3 Å². The van der Waals surface area contributed by atoms with Crippen molar-refractivity contribution in [2.75, 3.05) is 20.6 Å². The fourth-order valence-electron chi connectivity index (χ4n) is 1.68. The SMILES string of the molecule is CN(C)CCn1c(=O)n(C)c(=O)c2[nH]cnc21. The molecule has 0 saturated heterocycles. The van der Waals surface area contributed by atoms with E-state index < -0.39 is 0 Å². The average Bonchev–Trinajstić information content (AvgIpc) is 2.74. The molecule has 1 N–H and O–H groups in total. The molecule has 0 atom stereocenters. The molecule has 92 valence electrons. The molecule has 0 aliphatic carbocycles. The van der Waals surface area contributed by atoms with Crippen molar-refractivity contribution in [2.24, 2.45) is 7.05 Å². The van der Waals surface area contributed by atoms with Crippen LogP contribution in [0.3, 0.4) is 0 Å². The first kappa shape index (κ1) is 11.6. The molecular weight excluding hydrogens is 222 g/mol. The maximum Gasteiger partial charge on any atom is 0.332 e. The van der Waals surface area contributed by atoms with Crippen molar-refractivity contribution in [3.05, 3.63) is 27.2 Å². The van der Waals surface area contributed by atoms with Gasteiger partial charge in [0.15, 0.2) is 5.65 Å². The summed E-state index contributed by atoms with van der Waals surface area (Å²) in [7, 11) is 5.32. The van der Waals surface area contributed by atoms with Crippen LogP contribution in [0.2, 0.25) is 0 Å². The molecule has 2 rings (SSSR count). The third-order valence-corrected chi connectivity index (χ3v) is 2.68. The monoisotopic (exact) mass is 237 g/mol. The second-order valence-electron chi connectivity index (χ2n) is 4.20. The summed E-state index contributed by atoms with van der Waals surface area (Å²) in [5.74, 6) is 0. The molecule has 0 bridgehead atoms. The van der Waals surface area contributed by atoms with Gasteiger partial charge < -0.3 is 9.88 Å². The van der Waals surface area contributed by atoms with Crippen molar-refractivity contribution in [1.82, 2.24) is 24.0 Å². The molecule has 0 aromatic carbocycles. The summed E-state index contributed by atoms with van der Waals surface area (Å²) in [5, 5.41) is 0. The number of H-pyrrole nitrogens is 1. The van der Waals surface area contributed by atoms with Crippen LogP contribution in [0, 0.1) is 0 Å². The lowest BCUT2D eigenvalue weighted by molar-refractivity contribution is 0.380. The summed E-state index contributed by atoms with van der Waals surface area (Å²) in [6.45, 7) is 1.21. The number of hydrogen-bond acceptors (Lipinski definition) is 4. The topological polar surface area (TPSA) is 75.9 Å². The van der Waals surface area contributed by atoms with Gasteiger partial charge in [-0.1, -0.05) is 0 Å². The Kier molecular flexibility index (Phi) is 2.84. The quantitative estimate of drug-likeness (QED) is 0.741. The number of imidazole rings is 1. The predicted octanol–water partition coefficient (Wildman–Crippen LogP) is -1.02. The minimum atomic E-state index is -0.344. The van der Waals surface area contributed by atoms with Gasteiger partial charge in [-0.3, -0.25) is 13.9 Å². The third kappa shape index (κ3) is 1.89. The summed E-state index contributed by atoms with van der Waals surface area (Å²) in [6, 6.07) is 0. The molecule has 17 heavy (non-hydrogen) atoms. The van der Waals surface area contributed by atoms with Crippen LogP contribution in [-0.4, -0.2) is 44.6 Å². The van der Waals surface area contributed by atoms with Gasteiger partial charge in [-0.25, -0.2) is 9.78 Å². The molecule has 0 radical (unpaired) electrons. The zero-order chi connectivity index (χ0) is 12.6. The van der Waals surface area contributed by atoms with Crippen LogP contribution < -0.4 is 11.2 Å². The molecular formula is C10H15N5O2. The normalized spacial score (nSPS) is 11.5. The minimum Gasteiger partial charge on any atom is -0.339 e. The maximum atomic E-state index is 12.0. The van der Waals surface area contributed by atoms with E-state index in [1.165, 1.54) is 17.9 Å². The zero-order valence-corrected chi connectivity index (χ0v) is 10.1. The van der Waals surface area contributed by atoms with Gasteiger partial charge in [-0.15, -0.1) is 0 Å². The second kappa shape index (κ2) is 4.17. The molecule has 0 aliphatic rings. The number of hydrogen-bond donors (Lipinski definition) is 1. The highest BCUT2D eigenvalue weighted by Gasteiger charge is 2.12. The zero-order valence-electron chi connectivity index (χ0n) is 10.1. The number of aromatic amines is 1. The fraction of sp³-hybridized carbons (Fsp3) is 0.500. The Morgan fingerprint density at radius 2 is 2.12 bits per heavy atom. The first-order chi connectivity index (χ1) is 8.02. The molecule has 2 aromatic rings. The molecule has 0 aliphatic heterocycles. The second-order valence-corrected chi connectivity index (χ2v) is 4.20. The number of rotatable bonds is 3. The molecule has 0 unspecified atom stereocenters. The van der Waals surface area contributed by atoms with Crippen LogP contribution in [0.1, 0.15) is 0 Å². The van der Waals surface area contributed by atoms with E-state index in [-0.39, 0.29) is 11.2 Å². The van der Waals surface area contributed by atoms with E-state index in [2.05, 4.69) is 9.97 Å². The van der Waals surface area contributed by atoms with Gasteiger partial charge in [0, 0.05) is 20.1 Å². The largest absolute Gasteiger partial charge is 0.339 e. The van der Waals surface area contributed by atoms with Gasteiger partial charge in [-0.05, 0) is 14.1 Å². The van der Waals surface area contributed by atoms with Gasteiger partial charge in [0.2, 0.25) is 0 Å². The van der Waals surface area contributed by atoms with E-state index in [0.717, 1.165) is 4.57 Å². The number of aromatic nitrogens is 4. The van der Waals surface area contributed by atoms with Crippen LogP contribution in [-0.2, 0) is 13.6 Å². The van der Waals surface area contributed by atoms with Gasteiger partial charge in [0.05, 0.1) is 6.33 Å². The Morgan fingerprint density at radius 3 is 2.76 bits per heavy atom. The molecule has 0 fully saturated rings. The van der Waals surface area contributed by atoms with Crippen molar-refractivity contribution >= 4 is 11.2 Å². The smallest absolute Gasteiger partial charge is 0.332 e. The average molecular weight is 237 g/mol. The van der Waals surface area contributed by atoms with Crippen molar-refractivity contribution in [1.29, 1.82) is 0 Å². The number of nitrogens with one attached hydrogen (secondary N) is 1. The number of fused-ring (bicyclic) bond motifs is 1. The number of likely N-dealkylation sites (N-methyl/N-ethyl adjacent to an activating group) is 1. The van der Waals surface area contributed by atoms with Crippen LogP contribution in [0.25, 0.3) is 11.2 Å². The predicted molar refractivity (Wildman–Crippen MR) is 64.1 cm³/mol. The van der Waals surface area contributed by atoms with Crippen molar-refractivity contribution in [2.45, 2.75) is 6.54 Å². The Hall–Kier alpha value is -1.89. The van der Waals surface area contributed by atoms with Crippen molar-refractivity contribution < 1.29 is 0 Å². The van der Waals surface area contributed by atoms with E-state index in [9.17, 15) is 9.59 Å². The van der Waals surface area contributed by atoms with E-state index >= 15 is 0 Å². The van der Waals surface area contributed by atoms with Crippen LogP contribution in [0.15, 0.2) is 15.9 Å². The first-order valence-corrected chi connectivity index (χ1v) is 5.30. The molecule has 7 nitrogen and oxygen atoms in total. The fourth-order valence-corrected chi connectivity index (χ4v) is 1.68. The summed E-state index contributed by atoms with van der Waals surface area (Å²) in [4.78, 5) is 32.5. The Morgan fingerprint density at radius 1 is 1.41 bits per heavy atom. The van der Waals surface area contributed by atoms with Crippen molar-refractivity contribution in [3.63, 3.8) is 0 Å². The minimum absolute atomic E-state index is 0.337. The standard InChI is InChI=1S/C10H15N5O2/c1-13(2)4-5-15-8-7(11-6-12-8)9(16)14(3)10(15)17/h6H,4-5H2,1-3H3,(H,11,12).